The van der Waals surface area contributed by atoms with Gasteiger partial charge in [0.1, 0.15) is 23.4 Å². The summed E-state index contributed by atoms with van der Waals surface area (Å²) in [5.74, 6) is 0.332. The summed E-state index contributed by atoms with van der Waals surface area (Å²) in [4.78, 5) is 32.9. The molecule has 1 fully saturated rings. The van der Waals surface area contributed by atoms with Crippen LogP contribution in [0.3, 0.4) is 0 Å². The first-order chi connectivity index (χ1) is 15.9. The van der Waals surface area contributed by atoms with E-state index < -0.39 is 0 Å². The van der Waals surface area contributed by atoms with Crippen LogP contribution in [0.1, 0.15) is 51.1 Å². The molecule has 3 rings (SSSR count). The Balaban J connectivity index is 1.82. The SMILES string of the molecule is CC(=O)N[C@@H]1CCC[C@H](C(=O)Nc2cc3c(NC(CCO)CCO)nc(C#N)cc3cn2)C1. The van der Waals surface area contributed by atoms with Gasteiger partial charge in [-0.25, -0.2) is 9.97 Å². The Labute approximate surface area is 192 Å². The van der Waals surface area contributed by atoms with Crippen molar-refractivity contribution in [2.45, 2.75) is 57.5 Å². The number of hydrogen-bond donors (Lipinski definition) is 5. The van der Waals surface area contributed by atoms with E-state index in [1.165, 1.54) is 6.92 Å². The second-order valence-corrected chi connectivity index (χ2v) is 8.37. The molecule has 33 heavy (non-hydrogen) atoms. The van der Waals surface area contributed by atoms with Gasteiger partial charge in [0, 0.05) is 55.1 Å². The topological polar surface area (TPSA) is 160 Å². The van der Waals surface area contributed by atoms with Crippen molar-refractivity contribution in [3.8, 4) is 6.07 Å². The van der Waals surface area contributed by atoms with Gasteiger partial charge < -0.3 is 26.2 Å². The Morgan fingerprint density at radius 2 is 2.00 bits per heavy atom. The zero-order valence-electron chi connectivity index (χ0n) is 18.7. The van der Waals surface area contributed by atoms with Crippen LogP contribution in [0.15, 0.2) is 18.3 Å². The molecule has 176 valence electrons. The van der Waals surface area contributed by atoms with Gasteiger partial charge in [-0.3, -0.25) is 9.59 Å². The highest BCUT2D eigenvalue weighted by atomic mass is 16.3. The van der Waals surface area contributed by atoms with Gasteiger partial charge in [-0.2, -0.15) is 5.26 Å². The number of carbonyl (C=O) groups excluding carboxylic acids is 2. The van der Waals surface area contributed by atoms with Crippen LogP contribution < -0.4 is 16.0 Å². The molecular weight excluding hydrogens is 424 g/mol. The van der Waals surface area contributed by atoms with Crippen LogP contribution in [0, 0.1) is 17.2 Å². The van der Waals surface area contributed by atoms with Crippen molar-refractivity contribution in [2.24, 2.45) is 5.92 Å². The molecule has 5 N–H and O–H groups in total. The van der Waals surface area contributed by atoms with Gasteiger partial charge >= 0.3 is 0 Å². The van der Waals surface area contributed by atoms with E-state index in [9.17, 15) is 25.1 Å². The van der Waals surface area contributed by atoms with Gasteiger partial charge in [0.05, 0.1) is 0 Å². The van der Waals surface area contributed by atoms with Crippen LogP contribution in [-0.2, 0) is 9.59 Å². The number of aliphatic hydroxyl groups excluding tert-OH is 2. The van der Waals surface area contributed by atoms with Crippen molar-refractivity contribution in [3.05, 3.63) is 24.0 Å². The summed E-state index contributed by atoms with van der Waals surface area (Å²) in [7, 11) is 0. The first kappa shape index (κ1) is 24.4. The Morgan fingerprint density at radius 3 is 2.67 bits per heavy atom. The Bertz CT molecular complexity index is 1030. The molecule has 0 radical (unpaired) electrons. The smallest absolute Gasteiger partial charge is 0.228 e. The second-order valence-electron chi connectivity index (χ2n) is 8.37. The largest absolute Gasteiger partial charge is 0.396 e. The van der Waals surface area contributed by atoms with Crippen LogP contribution in [0.2, 0.25) is 0 Å². The van der Waals surface area contributed by atoms with E-state index in [-0.39, 0.29) is 48.7 Å². The average Bonchev–Trinajstić information content (AvgIpc) is 2.79. The third kappa shape index (κ3) is 6.60. The number of fused-ring (bicyclic) bond motifs is 1. The van der Waals surface area contributed by atoms with Crippen LogP contribution in [0.4, 0.5) is 11.6 Å². The minimum Gasteiger partial charge on any atom is -0.396 e. The third-order valence-electron chi connectivity index (χ3n) is 5.83. The predicted octanol–water partition coefficient (Wildman–Crippen LogP) is 1.68. The van der Waals surface area contributed by atoms with Crippen molar-refractivity contribution >= 4 is 34.2 Å². The maximum absolute atomic E-state index is 12.9. The van der Waals surface area contributed by atoms with Crippen molar-refractivity contribution < 1.29 is 19.8 Å². The molecule has 1 saturated carbocycles. The van der Waals surface area contributed by atoms with E-state index in [4.69, 9.17) is 0 Å². The van der Waals surface area contributed by atoms with E-state index in [1.54, 1.807) is 18.3 Å². The van der Waals surface area contributed by atoms with E-state index in [1.807, 2.05) is 6.07 Å². The lowest BCUT2D eigenvalue weighted by Gasteiger charge is -2.28. The minimum atomic E-state index is -0.233. The first-order valence-corrected chi connectivity index (χ1v) is 11.2. The molecule has 2 heterocycles. The van der Waals surface area contributed by atoms with Gasteiger partial charge in [0.25, 0.3) is 0 Å². The van der Waals surface area contributed by atoms with Gasteiger partial charge in [0.2, 0.25) is 11.8 Å². The number of nitrogens with zero attached hydrogens (tertiary/aromatic N) is 3. The molecule has 0 saturated heterocycles. The summed E-state index contributed by atoms with van der Waals surface area (Å²) in [5.41, 5.74) is 0.210. The summed E-state index contributed by atoms with van der Waals surface area (Å²) in [6.07, 6.45) is 5.45. The Kier molecular flexibility index (Phi) is 8.52. The molecule has 2 amide bonds. The quantitative estimate of drug-likeness (QED) is 0.382. The molecule has 0 aromatic carbocycles. The number of nitriles is 1. The van der Waals surface area contributed by atoms with Crippen molar-refractivity contribution in [3.63, 3.8) is 0 Å². The Hall–Kier alpha value is -3.29. The predicted molar refractivity (Wildman–Crippen MR) is 123 cm³/mol. The number of anilines is 2. The van der Waals surface area contributed by atoms with E-state index in [0.29, 0.717) is 41.7 Å². The van der Waals surface area contributed by atoms with E-state index in [2.05, 4.69) is 25.9 Å². The summed E-state index contributed by atoms with van der Waals surface area (Å²) in [6.45, 7) is 1.36. The number of nitrogens with one attached hydrogen (secondary N) is 3. The fraction of sp³-hybridized carbons (Fsp3) is 0.522. The fourth-order valence-electron chi connectivity index (χ4n) is 4.25. The van der Waals surface area contributed by atoms with Crippen LogP contribution >= 0.6 is 0 Å². The number of amides is 2. The lowest BCUT2D eigenvalue weighted by atomic mass is 9.85. The number of aromatic nitrogens is 2. The molecule has 2 aromatic rings. The maximum Gasteiger partial charge on any atom is 0.228 e. The first-order valence-electron chi connectivity index (χ1n) is 11.2. The molecule has 10 nitrogen and oxygen atoms in total. The standard InChI is InChI=1S/C23H30N6O4/c1-14(32)26-18-4-2-3-15(9-18)23(33)29-21-11-20-16(13-25-21)10-19(12-24)28-22(20)27-17(5-7-30)6-8-31/h10-11,13,15,17-18,30-31H,2-9H2,1H3,(H,26,32)(H,27,28)(H,25,29,33)/t15-,18+/m0/s1. The monoisotopic (exact) mass is 454 g/mol. The number of pyridine rings is 2. The maximum atomic E-state index is 12.9. The molecule has 10 heteroatoms. The normalized spacial score (nSPS) is 18.0. The van der Waals surface area contributed by atoms with Crippen molar-refractivity contribution in [2.75, 3.05) is 23.8 Å². The van der Waals surface area contributed by atoms with E-state index >= 15 is 0 Å². The molecule has 0 bridgehead atoms. The lowest BCUT2D eigenvalue weighted by Crippen LogP contribution is -2.40. The van der Waals surface area contributed by atoms with Crippen LogP contribution in [-0.4, -0.2) is 57.3 Å². The van der Waals surface area contributed by atoms with Gasteiger partial charge in [0.15, 0.2) is 0 Å². The van der Waals surface area contributed by atoms with E-state index in [0.717, 1.165) is 19.3 Å². The zero-order valence-corrected chi connectivity index (χ0v) is 18.7. The average molecular weight is 455 g/mol. The number of rotatable bonds is 9. The third-order valence-corrected chi connectivity index (χ3v) is 5.83. The number of hydrogen-bond acceptors (Lipinski definition) is 8. The Morgan fingerprint density at radius 1 is 1.24 bits per heavy atom. The lowest BCUT2D eigenvalue weighted by molar-refractivity contribution is -0.123. The fourth-order valence-corrected chi connectivity index (χ4v) is 4.25. The van der Waals surface area contributed by atoms with Gasteiger partial charge in [-0.1, -0.05) is 6.42 Å². The van der Waals surface area contributed by atoms with Gasteiger partial charge in [-0.15, -0.1) is 0 Å². The molecule has 1 aliphatic rings. The summed E-state index contributed by atoms with van der Waals surface area (Å²) in [6, 6.07) is 5.11. The highest BCUT2D eigenvalue weighted by molar-refractivity contribution is 5.97. The highest BCUT2D eigenvalue weighted by Crippen LogP contribution is 2.28. The van der Waals surface area contributed by atoms with Crippen molar-refractivity contribution in [1.82, 2.24) is 15.3 Å². The highest BCUT2D eigenvalue weighted by Gasteiger charge is 2.28. The minimum absolute atomic E-state index is 0.00375. The molecular formula is C23H30N6O4. The summed E-state index contributed by atoms with van der Waals surface area (Å²) >= 11 is 0. The molecule has 0 aliphatic heterocycles. The van der Waals surface area contributed by atoms with Crippen molar-refractivity contribution in [1.29, 1.82) is 5.26 Å². The second kappa shape index (κ2) is 11.5. The molecule has 0 spiro atoms. The summed E-state index contributed by atoms with van der Waals surface area (Å²) < 4.78 is 0. The molecule has 2 aromatic heterocycles. The molecule has 1 aliphatic carbocycles. The number of carbonyl (C=O) groups is 2. The number of aliphatic hydroxyl groups is 2. The van der Waals surface area contributed by atoms with Crippen LogP contribution in [0.5, 0.6) is 0 Å². The zero-order chi connectivity index (χ0) is 23.8. The van der Waals surface area contributed by atoms with Crippen LogP contribution in [0.25, 0.3) is 10.8 Å². The molecule has 0 unspecified atom stereocenters. The summed E-state index contributed by atoms with van der Waals surface area (Å²) in [5, 5.41) is 38.3. The molecule has 2 atom stereocenters. The van der Waals surface area contributed by atoms with Gasteiger partial charge in [-0.05, 0) is 44.2 Å².